The molecular formula is C13H19NO3. The number of aliphatic hydroxyl groups is 1. The van der Waals surface area contributed by atoms with E-state index in [0.29, 0.717) is 18.5 Å². The highest BCUT2D eigenvalue weighted by atomic mass is 16.6. The van der Waals surface area contributed by atoms with Gasteiger partial charge in [0.1, 0.15) is 0 Å². The fourth-order valence-electron chi connectivity index (χ4n) is 1.42. The highest BCUT2D eigenvalue weighted by Gasteiger charge is 2.17. The Morgan fingerprint density at radius 2 is 1.94 bits per heavy atom. The summed E-state index contributed by atoms with van der Waals surface area (Å²) in [5.74, 6) is -0.560. The Morgan fingerprint density at radius 1 is 1.35 bits per heavy atom. The lowest BCUT2D eigenvalue weighted by molar-refractivity contribution is -0.157. The molecule has 0 bridgehead atoms. The summed E-state index contributed by atoms with van der Waals surface area (Å²) in [4.78, 5) is 11.3. The van der Waals surface area contributed by atoms with Crippen LogP contribution in [0.1, 0.15) is 25.8 Å². The molecule has 1 unspecified atom stereocenters. The SMILES string of the molecule is CC(C)OC(=O)C(O)CCc1ccc(N)cc1. The van der Waals surface area contributed by atoms with Gasteiger partial charge in [-0.25, -0.2) is 4.79 Å². The highest BCUT2D eigenvalue weighted by Crippen LogP contribution is 2.10. The number of aryl methyl sites for hydroxylation is 1. The second kappa shape index (κ2) is 6.25. The van der Waals surface area contributed by atoms with Crippen molar-refractivity contribution in [2.75, 3.05) is 5.73 Å². The Hall–Kier alpha value is -1.55. The summed E-state index contributed by atoms with van der Waals surface area (Å²) in [6, 6.07) is 7.37. The Bertz CT molecular complexity index is 359. The Kier molecular flexibility index (Phi) is 4.97. The first-order valence-corrected chi connectivity index (χ1v) is 5.72. The summed E-state index contributed by atoms with van der Waals surface area (Å²) in [7, 11) is 0. The molecule has 1 rings (SSSR count). The lowest BCUT2D eigenvalue weighted by Gasteiger charge is -2.12. The summed E-state index contributed by atoms with van der Waals surface area (Å²) in [6.45, 7) is 3.51. The van der Waals surface area contributed by atoms with Crippen LogP contribution >= 0.6 is 0 Å². The number of rotatable bonds is 5. The molecule has 1 aromatic rings. The van der Waals surface area contributed by atoms with E-state index >= 15 is 0 Å². The van der Waals surface area contributed by atoms with Gasteiger partial charge in [-0.15, -0.1) is 0 Å². The lowest BCUT2D eigenvalue weighted by atomic mass is 10.1. The fraction of sp³-hybridized carbons (Fsp3) is 0.462. The van der Waals surface area contributed by atoms with Crippen molar-refractivity contribution in [2.45, 2.75) is 38.9 Å². The first kappa shape index (κ1) is 13.5. The maximum atomic E-state index is 11.3. The largest absolute Gasteiger partial charge is 0.461 e. The molecule has 94 valence electrons. The summed E-state index contributed by atoms with van der Waals surface area (Å²) in [6.07, 6.45) is -0.284. The van der Waals surface area contributed by atoms with Crippen LogP contribution in [0.2, 0.25) is 0 Å². The van der Waals surface area contributed by atoms with Crippen LogP contribution < -0.4 is 5.73 Å². The highest BCUT2D eigenvalue weighted by molar-refractivity contribution is 5.74. The number of benzene rings is 1. The van der Waals surface area contributed by atoms with E-state index in [2.05, 4.69) is 0 Å². The number of hydrogen-bond acceptors (Lipinski definition) is 4. The predicted octanol–water partition coefficient (Wildman–Crippen LogP) is 1.51. The third-order valence-electron chi connectivity index (χ3n) is 2.31. The van der Waals surface area contributed by atoms with Crippen LogP contribution in [0.25, 0.3) is 0 Å². The van der Waals surface area contributed by atoms with Gasteiger partial charge in [0.15, 0.2) is 6.10 Å². The standard InChI is InChI=1S/C13H19NO3/c1-9(2)17-13(16)12(15)8-5-10-3-6-11(14)7-4-10/h3-4,6-7,9,12,15H,5,8,14H2,1-2H3. The Labute approximate surface area is 101 Å². The van der Waals surface area contributed by atoms with Crippen molar-refractivity contribution in [1.29, 1.82) is 0 Å². The topological polar surface area (TPSA) is 72.5 Å². The molecule has 1 atom stereocenters. The molecule has 0 spiro atoms. The van der Waals surface area contributed by atoms with Gasteiger partial charge in [0, 0.05) is 5.69 Å². The summed E-state index contributed by atoms with van der Waals surface area (Å²) >= 11 is 0. The van der Waals surface area contributed by atoms with Gasteiger partial charge >= 0.3 is 5.97 Å². The van der Waals surface area contributed by atoms with Crippen molar-refractivity contribution >= 4 is 11.7 Å². The van der Waals surface area contributed by atoms with Gasteiger partial charge in [0.2, 0.25) is 0 Å². The first-order chi connectivity index (χ1) is 7.99. The number of hydrogen-bond donors (Lipinski definition) is 2. The van der Waals surface area contributed by atoms with Crippen LogP contribution in [0.15, 0.2) is 24.3 Å². The van der Waals surface area contributed by atoms with E-state index in [4.69, 9.17) is 10.5 Å². The minimum atomic E-state index is -1.06. The number of aliphatic hydroxyl groups excluding tert-OH is 1. The quantitative estimate of drug-likeness (QED) is 0.601. The molecule has 3 N–H and O–H groups in total. The minimum absolute atomic E-state index is 0.200. The molecule has 0 amide bonds. The van der Waals surface area contributed by atoms with E-state index < -0.39 is 12.1 Å². The molecule has 0 saturated heterocycles. The van der Waals surface area contributed by atoms with Crippen LogP contribution in [0, 0.1) is 0 Å². The van der Waals surface area contributed by atoms with E-state index in [1.807, 2.05) is 12.1 Å². The first-order valence-electron chi connectivity index (χ1n) is 5.72. The van der Waals surface area contributed by atoms with Gasteiger partial charge in [-0.05, 0) is 44.4 Å². The summed E-state index contributed by atoms with van der Waals surface area (Å²) in [5, 5.41) is 9.58. The zero-order valence-corrected chi connectivity index (χ0v) is 10.2. The van der Waals surface area contributed by atoms with Gasteiger partial charge in [-0.3, -0.25) is 0 Å². The lowest BCUT2D eigenvalue weighted by Crippen LogP contribution is -2.26. The summed E-state index contributed by atoms with van der Waals surface area (Å²) < 4.78 is 4.91. The third-order valence-corrected chi connectivity index (χ3v) is 2.31. The molecular weight excluding hydrogens is 218 g/mol. The molecule has 0 aliphatic heterocycles. The Morgan fingerprint density at radius 3 is 2.47 bits per heavy atom. The number of carbonyl (C=O) groups is 1. The average Bonchev–Trinajstić information content (AvgIpc) is 2.27. The molecule has 0 fully saturated rings. The molecule has 0 aliphatic carbocycles. The van der Waals surface area contributed by atoms with E-state index in [1.165, 1.54) is 0 Å². The third kappa shape index (κ3) is 4.87. The maximum absolute atomic E-state index is 11.3. The molecule has 4 heteroatoms. The zero-order chi connectivity index (χ0) is 12.8. The average molecular weight is 237 g/mol. The van der Waals surface area contributed by atoms with E-state index in [9.17, 15) is 9.90 Å². The number of carbonyl (C=O) groups excluding carboxylic acids is 1. The molecule has 0 aromatic heterocycles. The van der Waals surface area contributed by atoms with Crippen LogP contribution in [0.5, 0.6) is 0 Å². The molecule has 0 heterocycles. The van der Waals surface area contributed by atoms with Crippen molar-refractivity contribution in [3.8, 4) is 0 Å². The molecule has 0 radical (unpaired) electrons. The van der Waals surface area contributed by atoms with Crippen LogP contribution in [-0.2, 0) is 16.0 Å². The molecule has 4 nitrogen and oxygen atoms in total. The number of esters is 1. The van der Waals surface area contributed by atoms with Crippen LogP contribution in [0.3, 0.4) is 0 Å². The van der Waals surface area contributed by atoms with Crippen molar-refractivity contribution in [2.24, 2.45) is 0 Å². The zero-order valence-electron chi connectivity index (χ0n) is 10.2. The monoisotopic (exact) mass is 237 g/mol. The minimum Gasteiger partial charge on any atom is -0.461 e. The predicted molar refractivity (Wildman–Crippen MR) is 66.4 cm³/mol. The van der Waals surface area contributed by atoms with Crippen LogP contribution in [0.4, 0.5) is 5.69 Å². The maximum Gasteiger partial charge on any atom is 0.335 e. The van der Waals surface area contributed by atoms with Gasteiger partial charge in [-0.1, -0.05) is 12.1 Å². The number of nitrogens with two attached hydrogens (primary N) is 1. The van der Waals surface area contributed by atoms with Gasteiger partial charge in [0.25, 0.3) is 0 Å². The second-order valence-corrected chi connectivity index (χ2v) is 4.28. The van der Waals surface area contributed by atoms with Crippen LogP contribution in [-0.4, -0.2) is 23.3 Å². The van der Waals surface area contributed by atoms with Crippen molar-refractivity contribution in [1.82, 2.24) is 0 Å². The number of nitrogen functional groups attached to an aromatic ring is 1. The molecule has 0 saturated carbocycles. The molecule has 1 aromatic carbocycles. The normalized spacial score (nSPS) is 12.5. The van der Waals surface area contributed by atoms with E-state index in [-0.39, 0.29) is 6.10 Å². The van der Waals surface area contributed by atoms with Gasteiger partial charge < -0.3 is 15.6 Å². The van der Waals surface area contributed by atoms with Gasteiger partial charge in [0.05, 0.1) is 6.10 Å². The van der Waals surface area contributed by atoms with E-state index in [1.54, 1.807) is 26.0 Å². The van der Waals surface area contributed by atoms with Crippen molar-refractivity contribution in [3.05, 3.63) is 29.8 Å². The fourth-order valence-corrected chi connectivity index (χ4v) is 1.42. The van der Waals surface area contributed by atoms with Crippen molar-refractivity contribution < 1.29 is 14.6 Å². The molecule has 17 heavy (non-hydrogen) atoms. The Balaban J connectivity index is 2.40. The number of anilines is 1. The number of ether oxygens (including phenoxy) is 1. The second-order valence-electron chi connectivity index (χ2n) is 4.28. The summed E-state index contributed by atoms with van der Waals surface area (Å²) in [5.41, 5.74) is 7.30. The van der Waals surface area contributed by atoms with E-state index in [0.717, 1.165) is 5.56 Å². The van der Waals surface area contributed by atoms with Crippen molar-refractivity contribution in [3.63, 3.8) is 0 Å². The molecule has 0 aliphatic rings. The smallest absolute Gasteiger partial charge is 0.335 e. The van der Waals surface area contributed by atoms with Gasteiger partial charge in [-0.2, -0.15) is 0 Å².